The molecule has 1 unspecified atom stereocenters. The van der Waals surface area contributed by atoms with Crippen molar-refractivity contribution < 1.29 is 19.1 Å². The molecule has 106 valence electrons. The zero-order valence-corrected chi connectivity index (χ0v) is 11.1. The highest BCUT2D eigenvalue weighted by Crippen LogP contribution is 2.35. The Kier molecular flexibility index (Phi) is 4.71. The number of hydrogen-bond acceptors (Lipinski definition) is 6. The lowest BCUT2D eigenvalue weighted by Gasteiger charge is -2.14. The molecule has 4 N–H and O–H groups in total. The maximum absolute atomic E-state index is 11.1. The first-order valence-corrected chi connectivity index (χ1v) is 7.16. The van der Waals surface area contributed by atoms with E-state index < -0.39 is 14.4 Å². The number of aromatic amines is 1. The van der Waals surface area contributed by atoms with Crippen LogP contribution in [-0.2, 0) is 9.09 Å². The molecule has 2 rings (SSSR count). The Bertz CT molecular complexity index is 508. The van der Waals surface area contributed by atoms with Gasteiger partial charge in [0.2, 0.25) is 0 Å². The lowest BCUT2D eigenvalue weighted by Crippen LogP contribution is -2.19. The molecule has 0 radical (unpaired) electrons. The van der Waals surface area contributed by atoms with Crippen LogP contribution < -0.4 is 10.9 Å². The van der Waals surface area contributed by atoms with E-state index in [9.17, 15) is 14.5 Å². The molecule has 0 bridgehead atoms. The van der Waals surface area contributed by atoms with Gasteiger partial charge in [0.1, 0.15) is 5.82 Å². The van der Waals surface area contributed by atoms with E-state index >= 15 is 0 Å². The van der Waals surface area contributed by atoms with Gasteiger partial charge in [-0.25, -0.2) is 4.98 Å². The average molecular weight is 289 g/mol. The Morgan fingerprint density at radius 3 is 3.00 bits per heavy atom. The van der Waals surface area contributed by atoms with Crippen molar-refractivity contribution in [1.82, 2.24) is 9.97 Å². The molecule has 4 atom stereocenters. The van der Waals surface area contributed by atoms with Gasteiger partial charge in [0, 0.05) is 24.6 Å². The molecular weight excluding hydrogens is 273 g/mol. The molecule has 0 aliphatic heterocycles. The fraction of sp³-hybridized carbons (Fsp3) is 0.600. The predicted molar refractivity (Wildman–Crippen MR) is 68.2 cm³/mol. The maximum Gasteiger partial charge on any atom is 0.316 e. The fourth-order valence-corrected chi connectivity index (χ4v) is 2.87. The monoisotopic (exact) mass is 289 g/mol. The third-order valence-corrected chi connectivity index (χ3v) is 3.65. The van der Waals surface area contributed by atoms with Crippen LogP contribution in [0.1, 0.15) is 12.8 Å². The summed E-state index contributed by atoms with van der Waals surface area (Å²) in [6.07, 6.45) is 1.91. The summed E-state index contributed by atoms with van der Waals surface area (Å²) in [6.45, 7) is -0.110. The predicted octanol–water partition coefficient (Wildman–Crippen LogP) is -0.280. The summed E-state index contributed by atoms with van der Waals surface area (Å²) < 4.78 is 15.6. The number of anilines is 1. The number of hydrogen-bond donors (Lipinski definition) is 4. The second-order valence-electron chi connectivity index (χ2n) is 4.47. The first kappa shape index (κ1) is 14.2. The molecule has 9 heteroatoms. The van der Waals surface area contributed by atoms with Crippen LogP contribution in [0.5, 0.6) is 0 Å². The summed E-state index contributed by atoms with van der Waals surface area (Å²) in [5.41, 5.74) is -0.262. The van der Waals surface area contributed by atoms with E-state index in [0.29, 0.717) is 18.7 Å². The highest BCUT2D eigenvalue weighted by atomic mass is 31.1. The fourth-order valence-electron chi connectivity index (χ4n) is 2.33. The molecule has 1 aromatic heterocycles. The Balaban J connectivity index is 1.99. The molecule has 19 heavy (non-hydrogen) atoms. The number of nitrogens with one attached hydrogen (secondary N) is 2. The molecule has 1 aromatic rings. The standard InChI is InChI=1S/C10H16N3O5P/c14-4-6-1-7(2-8(6)18-19(16)17)13-9-3-10(15)12-5-11-9/h3,5-8,14,19H,1-2,4H2,(H,16,17)(H2,11,12,13,15)/t6-,7-,8+/m1/s1. The van der Waals surface area contributed by atoms with Crippen molar-refractivity contribution in [2.45, 2.75) is 25.0 Å². The van der Waals surface area contributed by atoms with Crippen LogP contribution in [0, 0.1) is 5.92 Å². The van der Waals surface area contributed by atoms with Crippen molar-refractivity contribution in [2.24, 2.45) is 5.92 Å². The number of aliphatic hydroxyl groups excluding tert-OH is 1. The van der Waals surface area contributed by atoms with Gasteiger partial charge in [0.25, 0.3) is 5.56 Å². The first-order valence-electron chi connectivity index (χ1n) is 5.90. The number of nitrogens with zero attached hydrogens (tertiary/aromatic N) is 1. The van der Waals surface area contributed by atoms with E-state index in [1.54, 1.807) is 0 Å². The SMILES string of the molecule is O=c1cc(N[C@@H]2C[C@H](CO)[C@@H](O[PH](=O)O)C2)nc[nH]1. The average Bonchev–Trinajstić information content (AvgIpc) is 2.70. The summed E-state index contributed by atoms with van der Waals surface area (Å²) >= 11 is 0. The third-order valence-electron chi connectivity index (χ3n) is 3.15. The number of H-pyrrole nitrogens is 1. The minimum absolute atomic E-state index is 0.0576. The molecule has 0 spiro atoms. The second kappa shape index (κ2) is 6.29. The minimum atomic E-state index is -3.02. The van der Waals surface area contributed by atoms with Crippen molar-refractivity contribution in [1.29, 1.82) is 0 Å². The van der Waals surface area contributed by atoms with Crippen LogP contribution in [0.25, 0.3) is 0 Å². The van der Waals surface area contributed by atoms with Gasteiger partial charge in [-0.05, 0) is 12.8 Å². The Labute approximate surface area is 109 Å². The van der Waals surface area contributed by atoms with Gasteiger partial charge in [-0.3, -0.25) is 9.36 Å². The second-order valence-corrected chi connectivity index (χ2v) is 5.24. The van der Waals surface area contributed by atoms with E-state index in [4.69, 9.17) is 9.42 Å². The topological polar surface area (TPSA) is 125 Å². The van der Waals surface area contributed by atoms with Crippen molar-refractivity contribution in [3.63, 3.8) is 0 Å². The molecule has 0 amide bonds. The van der Waals surface area contributed by atoms with Crippen LogP contribution in [0.4, 0.5) is 5.82 Å². The summed E-state index contributed by atoms with van der Waals surface area (Å²) in [6, 6.07) is 1.27. The van der Waals surface area contributed by atoms with Crippen LogP contribution in [-0.4, -0.2) is 38.7 Å². The lowest BCUT2D eigenvalue weighted by atomic mass is 10.1. The smallest absolute Gasteiger partial charge is 0.316 e. The largest absolute Gasteiger partial charge is 0.396 e. The zero-order chi connectivity index (χ0) is 13.8. The van der Waals surface area contributed by atoms with Gasteiger partial charge in [-0.2, -0.15) is 0 Å². The first-order chi connectivity index (χ1) is 9.08. The van der Waals surface area contributed by atoms with Gasteiger partial charge < -0.3 is 24.8 Å². The molecule has 8 nitrogen and oxygen atoms in total. The Morgan fingerprint density at radius 1 is 1.58 bits per heavy atom. The summed E-state index contributed by atoms with van der Waals surface area (Å²) in [7, 11) is -3.02. The van der Waals surface area contributed by atoms with Gasteiger partial charge in [0.05, 0.1) is 12.4 Å². The Morgan fingerprint density at radius 2 is 2.37 bits per heavy atom. The summed E-state index contributed by atoms with van der Waals surface area (Å²) in [5, 5.41) is 12.3. The van der Waals surface area contributed by atoms with Crippen molar-refractivity contribution in [3.8, 4) is 0 Å². The molecule has 1 heterocycles. The highest BCUT2D eigenvalue weighted by Gasteiger charge is 2.35. The molecule has 0 aromatic carbocycles. The summed E-state index contributed by atoms with van der Waals surface area (Å²) in [5.74, 6) is 0.239. The molecule has 1 fully saturated rings. The highest BCUT2D eigenvalue weighted by molar-refractivity contribution is 7.32. The lowest BCUT2D eigenvalue weighted by molar-refractivity contribution is 0.106. The van der Waals surface area contributed by atoms with Gasteiger partial charge in [0.15, 0.2) is 0 Å². The normalized spacial score (nSPS) is 28.2. The maximum atomic E-state index is 11.1. The molecule has 1 aliphatic rings. The molecule has 1 aliphatic carbocycles. The van der Waals surface area contributed by atoms with Gasteiger partial charge >= 0.3 is 8.25 Å². The van der Waals surface area contributed by atoms with Crippen LogP contribution in [0.3, 0.4) is 0 Å². The minimum Gasteiger partial charge on any atom is -0.396 e. The molecule has 0 saturated heterocycles. The van der Waals surface area contributed by atoms with Crippen molar-refractivity contribution in [2.75, 3.05) is 11.9 Å². The van der Waals surface area contributed by atoms with Crippen LogP contribution >= 0.6 is 8.25 Å². The van der Waals surface area contributed by atoms with E-state index in [0.717, 1.165) is 0 Å². The number of aliphatic hydroxyl groups is 1. The van der Waals surface area contributed by atoms with E-state index in [1.165, 1.54) is 12.4 Å². The number of rotatable bonds is 5. The van der Waals surface area contributed by atoms with E-state index in [1.807, 2.05) is 0 Å². The van der Waals surface area contributed by atoms with Crippen molar-refractivity contribution in [3.05, 3.63) is 22.7 Å². The molecular formula is C10H16N3O5P. The van der Waals surface area contributed by atoms with Crippen LogP contribution in [0.2, 0.25) is 0 Å². The van der Waals surface area contributed by atoms with Gasteiger partial charge in [-0.1, -0.05) is 0 Å². The van der Waals surface area contributed by atoms with E-state index in [-0.39, 0.29) is 24.1 Å². The number of aromatic nitrogens is 2. The van der Waals surface area contributed by atoms with E-state index in [2.05, 4.69) is 15.3 Å². The third kappa shape index (κ3) is 3.87. The Hall–Kier alpha value is -1.21. The quantitative estimate of drug-likeness (QED) is 0.549. The van der Waals surface area contributed by atoms with Crippen LogP contribution in [0.15, 0.2) is 17.2 Å². The summed E-state index contributed by atoms with van der Waals surface area (Å²) in [4.78, 5) is 26.3. The van der Waals surface area contributed by atoms with Gasteiger partial charge in [-0.15, -0.1) is 0 Å². The van der Waals surface area contributed by atoms with Crippen molar-refractivity contribution >= 4 is 14.1 Å². The zero-order valence-electron chi connectivity index (χ0n) is 10.1. The molecule has 1 saturated carbocycles.